The predicted molar refractivity (Wildman–Crippen MR) is 32.8 cm³/mol. The van der Waals surface area contributed by atoms with E-state index in [4.69, 9.17) is 5.11 Å². The van der Waals surface area contributed by atoms with E-state index in [1.165, 1.54) is 7.05 Å². The zero-order valence-corrected chi connectivity index (χ0v) is 5.47. The van der Waals surface area contributed by atoms with Crippen molar-refractivity contribution in [3.63, 3.8) is 0 Å². The number of rotatable bonds is 1. The van der Waals surface area contributed by atoms with Crippen LogP contribution < -0.4 is 16.2 Å². The van der Waals surface area contributed by atoms with Crippen LogP contribution in [0.2, 0.25) is 0 Å². The van der Waals surface area contributed by atoms with Crippen LogP contribution in [0.5, 0.6) is 0 Å². The van der Waals surface area contributed by atoms with Gasteiger partial charge < -0.3 is 10.4 Å². The molecule has 4 N–H and O–H groups in total. The van der Waals surface area contributed by atoms with Gasteiger partial charge in [0.15, 0.2) is 0 Å². The molecule has 0 bridgehead atoms. The highest BCUT2D eigenvalue weighted by Gasteiger charge is 1.98. The third-order valence-electron chi connectivity index (χ3n) is 0.686. The van der Waals surface area contributed by atoms with Crippen LogP contribution in [0, 0.1) is 0 Å². The van der Waals surface area contributed by atoms with Gasteiger partial charge in [-0.05, 0) is 0 Å². The highest BCUT2D eigenvalue weighted by atomic mass is 16.3. The molecule has 0 aromatic heterocycles. The van der Waals surface area contributed by atoms with Gasteiger partial charge >= 0.3 is 6.03 Å². The van der Waals surface area contributed by atoms with Gasteiger partial charge in [0, 0.05) is 7.05 Å². The lowest BCUT2D eigenvalue weighted by atomic mass is 10.7. The molecule has 0 aromatic carbocycles. The highest BCUT2D eigenvalue weighted by molar-refractivity contribution is 5.81. The normalized spacial score (nSPS) is 8.20. The summed E-state index contributed by atoms with van der Waals surface area (Å²) in [6, 6.07) is -0.540. The van der Waals surface area contributed by atoms with Gasteiger partial charge in [-0.15, -0.1) is 0 Å². The first-order valence-corrected chi connectivity index (χ1v) is 2.58. The fourth-order valence-corrected chi connectivity index (χ4v) is 0.229. The molecule has 0 fully saturated rings. The Labute approximate surface area is 57.6 Å². The summed E-state index contributed by atoms with van der Waals surface area (Å²) in [6.07, 6.45) is 0. The quantitative estimate of drug-likeness (QED) is 0.321. The van der Waals surface area contributed by atoms with E-state index in [-0.39, 0.29) is 0 Å². The predicted octanol–water partition coefficient (Wildman–Crippen LogP) is -2.06. The number of nitrogens with one attached hydrogen (secondary N) is 3. The average molecular weight is 147 g/mol. The third kappa shape index (κ3) is 3.67. The Morgan fingerprint density at radius 3 is 2.40 bits per heavy atom. The smallest absolute Gasteiger partial charge is 0.333 e. The molecule has 6 heteroatoms. The monoisotopic (exact) mass is 147 g/mol. The number of urea groups is 1. The Balaban J connectivity index is 3.35. The second-order valence-electron chi connectivity index (χ2n) is 1.41. The second-order valence-corrected chi connectivity index (χ2v) is 1.41. The standard InChI is InChI=1S/C4H9N3O3/c1-5-4(10)7-6-3(9)2-8/h8H,2H2,1H3,(H,6,9)(H2,5,7,10). The fourth-order valence-electron chi connectivity index (χ4n) is 0.229. The molecule has 3 amide bonds. The molecule has 0 rings (SSSR count). The average Bonchev–Trinajstić information content (AvgIpc) is 1.99. The molecule has 0 atom stereocenters. The van der Waals surface area contributed by atoms with E-state index >= 15 is 0 Å². The van der Waals surface area contributed by atoms with E-state index < -0.39 is 18.5 Å². The first-order chi connectivity index (χ1) is 4.70. The molecular formula is C4H9N3O3. The lowest BCUT2D eigenvalue weighted by Crippen LogP contribution is -2.46. The maximum atomic E-state index is 10.3. The second kappa shape index (κ2) is 4.57. The van der Waals surface area contributed by atoms with Crippen LogP contribution in [0.4, 0.5) is 4.79 Å². The van der Waals surface area contributed by atoms with Crippen molar-refractivity contribution < 1.29 is 14.7 Å². The summed E-state index contributed by atoms with van der Waals surface area (Å²) in [4.78, 5) is 20.5. The number of carbonyl (C=O) groups excluding carboxylic acids is 2. The molecule has 0 spiro atoms. The van der Waals surface area contributed by atoms with E-state index in [1.54, 1.807) is 0 Å². The topological polar surface area (TPSA) is 90.5 Å². The van der Waals surface area contributed by atoms with Crippen molar-refractivity contribution >= 4 is 11.9 Å². The fraction of sp³-hybridized carbons (Fsp3) is 0.500. The van der Waals surface area contributed by atoms with Crippen LogP contribution in [0.1, 0.15) is 0 Å². The number of amides is 3. The minimum atomic E-state index is -0.663. The summed E-state index contributed by atoms with van der Waals surface area (Å²) in [5.74, 6) is -0.663. The van der Waals surface area contributed by atoms with Crippen LogP contribution in [0.15, 0.2) is 0 Å². The van der Waals surface area contributed by atoms with Crippen LogP contribution in [0.3, 0.4) is 0 Å². The number of hydrazine groups is 1. The van der Waals surface area contributed by atoms with Crippen molar-refractivity contribution in [1.29, 1.82) is 0 Å². The van der Waals surface area contributed by atoms with E-state index in [0.717, 1.165) is 0 Å². The van der Waals surface area contributed by atoms with Crippen molar-refractivity contribution in [2.45, 2.75) is 0 Å². The minimum absolute atomic E-state index is 0.540. The summed E-state index contributed by atoms with van der Waals surface area (Å²) in [6.45, 7) is -0.649. The van der Waals surface area contributed by atoms with E-state index in [2.05, 4.69) is 5.32 Å². The lowest BCUT2D eigenvalue weighted by Gasteiger charge is -2.03. The van der Waals surface area contributed by atoms with Crippen molar-refractivity contribution in [2.24, 2.45) is 0 Å². The largest absolute Gasteiger partial charge is 0.386 e. The van der Waals surface area contributed by atoms with Crippen molar-refractivity contribution in [1.82, 2.24) is 16.2 Å². The lowest BCUT2D eigenvalue weighted by molar-refractivity contribution is -0.124. The van der Waals surface area contributed by atoms with Gasteiger partial charge in [-0.2, -0.15) is 0 Å². The van der Waals surface area contributed by atoms with Crippen LogP contribution >= 0.6 is 0 Å². The molecule has 0 aromatic rings. The molecular weight excluding hydrogens is 138 g/mol. The number of carbonyl (C=O) groups is 2. The number of hydrogen-bond donors (Lipinski definition) is 4. The van der Waals surface area contributed by atoms with Gasteiger partial charge in [0.05, 0.1) is 0 Å². The molecule has 0 aliphatic carbocycles. The third-order valence-corrected chi connectivity index (χ3v) is 0.686. The maximum absolute atomic E-state index is 10.3. The van der Waals surface area contributed by atoms with Crippen molar-refractivity contribution in [3.05, 3.63) is 0 Å². The molecule has 0 aliphatic heterocycles. The van der Waals surface area contributed by atoms with Crippen molar-refractivity contribution in [3.8, 4) is 0 Å². The molecule has 0 saturated carbocycles. The zero-order valence-electron chi connectivity index (χ0n) is 5.47. The summed E-state index contributed by atoms with van der Waals surface area (Å²) < 4.78 is 0. The number of hydrogen-bond acceptors (Lipinski definition) is 3. The van der Waals surface area contributed by atoms with Gasteiger partial charge in [-0.25, -0.2) is 10.2 Å². The Morgan fingerprint density at radius 2 is 2.00 bits per heavy atom. The first kappa shape index (κ1) is 8.70. The summed E-state index contributed by atoms with van der Waals surface area (Å²) in [7, 11) is 1.40. The Morgan fingerprint density at radius 1 is 1.40 bits per heavy atom. The van der Waals surface area contributed by atoms with Crippen molar-refractivity contribution in [2.75, 3.05) is 13.7 Å². The van der Waals surface area contributed by atoms with Crippen LogP contribution in [-0.2, 0) is 4.79 Å². The number of aliphatic hydroxyl groups is 1. The van der Waals surface area contributed by atoms with E-state index in [1.807, 2.05) is 10.9 Å². The van der Waals surface area contributed by atoms with Crippen LogP contribution in [-0.4, -0.2) is 30.7 Å². The van der Waals surface area contributed by atoms with Gasteiger partial charge in [0.1, 0.15) is 6.61 Å². The maximum Gasteiger partial charge on any atom is 0.333 e. The van der Waals surface area contributed by atoms with E-state index in [9.17, 15) is 9.59 Å². The number of aliphatic hydroxyl groups excluding tert-OH is 1. The first-order valence-electron chi connectivity index (χ1n) is 2.58. The Hall–Kier alpha value is -1.30. The van der Waals surface area contributed by atoms with Gasteiger partial charge in [-0.3, -0.25) is 10.2 Å². The molecule has 6 nitrogen and oxygen atoms in total. The van der Waals surface area contributed by atoms with E-state index in [0.29, 0.717) is 0 Å². The molecule has 0 saturated heterocycles. The molecule has 0 heterocycles. The molecule has 10 heavy (non-hydrogen) atoms. The van der Waals surface area contributed by atoms with Gasteiger partial charge in [0.2, 0.25) is 0 Å². The Kier molecular flexibility index (Phi) is 3.97. The summed E-state index contributed by atoms with van der Waals surface area (Å²) >= 11 is 0. The minimum Gasteiger partial charge on any atom is -0.386 e. The highest BCUT2D eigenvalue weighted by Crippen LogP contribution is 1.58. The SMILES string of the molecule is CNC(=O)NNC(=O)CO. The molecule has 0 aliphatic rings. The Bertz CT molecular complexity index is 120. The van der Waals surface area contributed by atoms with Crippen LogP contribution in [0.25, 0.3) is 0 Å². The summed E-state index contributed by atoms with van der Waals surface area (Å²) in [5, 5.41) is 10.3. The summed E-state index contributed by atoms with van der Waals surface area (Å²) in [5.41, 5.74) is 3.91. The molecule has 0 unspecified atom stereocenters. The van der Waals surface area contributed by atoms with Gasteiger partial charge in [0.25, 0.3) is 5.91 Å². The molecule has 0 radical (unpaired) electrons. The van der Waals surface area contributed by atoms with Gasteiger partial charge in [-0.1, -0.05) is 0 Å². The zero-order chi connectivity index (χ0) is 7.98. The molecule has 58 valence electrons.